The Balaban J connectivity index is 0.000000330. The summed E-state index contributed by atoms with van der Waals surface area (Å²) in [6.45, 7) is 17.5. The van der Waals surface area contributed by atoms with Gasteiger partial charge in [0.2, 0.25) is 0 Å². The number of aldehydes is 1. The summed E-state index contributed by atoms with van der Waals surface area (Å²) in [7, 11) is -0.446. The fourth-order valence-electron chi connectivity index (χ4n) is 9.20. The first-order chi connectivity index (χ1) is 51.8. The van der Waals surface area contributed by atoms with Gasteiger partial charge in [0.05, 0.1) is 62.5 Å². The maximum atomic E-state index is 11.5. The van der Waals surface area contributed by atoms with Crippen LogP contribution in [0.2, 0.25) is 0 Å². The van der Waals surface area contributed by atoms with E-state index in [0.717, 1.165) is 60.3 Å². The molecule has 0 fully saturated rings. The molecule has 4 heterocycles. The predicted octanol–water partition coefficient (Wildman–Crippen LogP) is 18.4. The van der Waals surface area contributed by atoms with Crippen LogP contribution in [0, 0.1) is 34.6 Å². The van der Waals surface area contributed by atoms with Gasteiger partial charge < -0.3 is 35.9 Å². The molecule has 0 aliphatic rings. The number of aryl methyl sites for hydroxylation is 5. The monoisotopic (exact) mass is 1630 g/mol. The third-order valence-electron chi connectivity index (χ3n) is 14.6. The zero-order valence-electron chi connectivity index (χ0n) is 62.0. The van der Waals surface area contributed by atoms with Crippen molar-refractivity contribution in [3.05, 3.63) is 343 Å². The van der Waals surface area contributed by atoms with Gasteiger partial charge in [0, 0.05) is 97.1 Å². The van der Waals surface area contributed by atoms with Crippen molar-refractivity contribution in [2.45, 2.75) is 120 Å². The number of aliphatic hydroxyl groups excluding tert-OH is 2. The molecule has 12 aromatic rings. The zero-order chi connectivity index (χ0) is 77.6. The maximum absolute atomic E-state index is 11.5. The standard InChI is InChI=1S/C18H15P.C14H15NO2S.C12H12N4S.C12H14N2S.C12H13NOS.C9H11NS.C5H7ClO3.C2H6O.CH4.V/c1-4-10-16(11-5-1)19(17-12-6-2-7-13-17)18-14-8-3-9-15-18;1-3-17-14(16)12-9-15-13(18-12)8-11-6-4-10(2)5-7-11;1-9-2-4-10(5-3-9)6-12-14-7-11(17-12)8-15-16-13;1-9-2-4-10(5-3-9)6-12-14-8-11(7-13)15-12;1-9-2-4-10(5-3-9)6-12-13-7-11(8-14)15-12;1-7-2-4-8(5-3-7)6-9(10)11;1-2-9-5(8)4(6)3-7;1-2-3;;/h1-15H;4-7,9H,3,8H2,1-2H3;2-5,7H,6,8H2,1H3;2-5,8H,6-7,13H2,1H3;2-5,7,14H,6,8H2,1H3;2-5H,6H2,1H3,(H2,10,11);3-4H,2H2,1H3;3H,2H2,1H3;1H4;. The third-order valence-corrected chi connectivity index (χ3v) is 21.4. The molecule has 12 rings (SSSR count). The van der Waals surface area contributed by atoms with E-state index in [0.29, 0.717) is 42.3 Å². The number of nitrogens with two attached hydrogens (primary N) is 2. The van der Waals surface area contributed by atoms with Crippen LogP contribution in [0.25, 0.3) is 10.4 Å². The number of nitrogens with zero attached hydrogens (tertiary/aromatic N) is 7. The number of rotatable bonds is 22. The van der Waals surface area contributed by atoms with Crippen molar-refractivity contribution in [3.63, 3.8) is 0 Å². The normalized spacial score (nSPS) is 10.1. The van der Waals surface area contributed by atoms with Gasteiger partial charge in [-0.05, 0) is 113 Å². The molecule has 1 radical (unpaired) electrons. The summed E-state index contributed by atoms with van der Waals surface area (Å²) in [6.07, 6.45) is 11.4. The van der Waals surface area contributed by atoms with Crippen LogP contribution in [0.5, 0.6) is 0 Å². The smallest absolute Gasteiger partial charge is 0.349 e. The minimum atomic E-state index is -1.15. The number of halogens is 1. The van der Waals surface area contributed by atoms with Gasteiger partial charge >= 0.3 is 11.9 Å². The number of hydrogen-bond donors (Lipinski definition) is 4. The first-order valence-corrected chi connectivity index (χ1v) is 39.9. The van der Waals surface area contributed by atoms with Crippen molar-refractivity contribution in [2.75, 3.05) is 19.8 Å². The number of hydrogen-bond acceptors (Lipinski definition) is 18. The van der Waals surface area contributed by atoms with Gasteiger partial charge in [-0.2, -0.15) is 0 Å². The van der Waals surface area contributed by atoms with E-state index >= 15 is 0 Å². The van der Waals surface area contributed by atoms with Gasteiger partial charge in [-0.1, -0.05) is 265 Å². The third kappa shape index (κ3) is 38.0. The molecule has 0 amide bonds. The SMILES string of the molecule is C.CCO.CCOC(=O)C(Cl)C=O.CCOC(=O)c1cnc(Cc2ccc(C)cc2)s1.Cc1ccc(CC(N)=S)cc1.Cc1ccc(Cc2ncc(CN)s2)cc1.Cc1ccc(Cc2ncc(CN=[N+]=[N-])s2)cc1.Cc1ccc(Cc2ncc(CO)s2)cc1.[V].c1ccc(P(c2ccccc2)c2ccccc2)cc1. The minimum absolute atomic E-state index is 0. The fourth-order valence-corrected chi connectivity index (χ4v) is 15.1. The molecule has 0 spiro atoms. The first kappa shape index (κ1) is 94.5. The largest absolute Gasteiger partial charge is 0.465 e. The Morgan fingerprint density at radius 2 is 0.853 bits per heavy atom. The molecular weight excluding hydrogens is 1540 g/mol. The van der Waals surface area contributed by atoms with Crippen molar-refractivity contribution in [1.29, 1.82) is 0 Å². The first-order valence-electron chi connectivity index (χ1n) is 34.4. The summed E-state index contributed by atoms with van der Waals surface area (Å²) in [4.78, 5) is 55.8. The van der Waals surface area contributed by atoms with Crippen LogP contribution < -0.4 is 27.4 Å². The number of esters is 2. The van der Waals surface area contributed by atoms with Crippen LogP contribution in [0.1, 0.15) is 128 Å². The summed E-state index contributed by atoms with van der Waals surface area (Å²) < 4.78 is 9.33. The van der Waals surface area contributed by atoms with Crippen molar-refractivity contribution in [2.24, 2.45) is 16.6 Å². The number of aromatic nitrogens is 4. The van der Waals surface area contributed by atoms with E-state index in [-0.39, 0.29) is 51.8 Å². The second-order valence-electron chi connectivity index (χ2n) is 23.5. The van der Waals surface area contributed by atoms with Gasteiger partial charge in [-0.3, -0.25) is 0 Å². The zero-order valence-corrected chi connectivity index (χ0v) is 69.1. The molecule has 6 N–H and O–H groups in total. The molecule has 1 atom stereocenters. The van der Waals surface area contributed by atoms with Gasteiger partial charge in [-0.25, -0.2) is 29.5 Å². The van der Waals surface area contributed by atoms with Gasteiger partial charge in [0.25, 0.3) is 0 Å². The van der Waals surface area contributed by atoms with Crippen molar-refractivity contribution >= 4 is 116 Å². The number of alkyl halides is 1. The van der Waals surface area contributed by atoms with Crippen LogP contribution in [0.4, 0.5) is 0 Å². The number of thiocarbonyl (C=S) groups is 1. The molecule has 571 valence electrons. The van der Waals surface area contributed by atoms with E-state index in [1.54, 1.807) is 73.4 Å². The number of azide groups is 1. The molecule has 1 unspecified atom stereocenters. The quantitative estimate of drug-likeness (QED) is 0.00566. The van der Waals surface area contributed by atoms with Gasteiger partial charge in [0.15, 0.2) is 5.38 Å². The van der Waals surface area contributed by atoms with Crippen LogP contribution >= 0.6 is 77.1 Å². The number of carbonyl (C=O) groups excluding carboxylic acids is 3. The maximum Gasteiger partial charge on any atom is 0.349 e. The van der Waals surface area contributed by atoms with E-state index in [4.69, 9.17) is 55.8 Å². The van der Waals surface area contributed by atoms with Crippen molar-refractivity contribution < 1.29 is 52.6 Å². The summed E-state index contributed by atoms with van der Waals surface area (Å²) in [6, 6.07) is 74.3. The molecule has 0 saturated heterocycles. The van der Waals surface area contributed by atoms with Crippen LogP contribution in [-0.2, 0) is 89.4 Å². The topological polar surface area (TPSA) is 262 Å². The fraction of sp³-hybridized carbons (Fsp3) is 0.247. The van der Waals surface area contributed by atoms with Crippen molar-refractivity contribution in [1.82, 2.24) is 19.9 Å². The van der Waals surface area contributed by atoms with E-state index in [2.05, 4.69) is 282 Å². The molecule has 0 bridgehead atoms. The average Bonchev–Trinajstić information content (AvgIpc) is 1.71. The molecule has 0 aliphatic carbocycles. The summed E-state index contributed by atoms with van der Waals surface area (Å²) in [5.41, 5.74) is 31.7. The van der Waals surface area contributed by atoms with Gasteiger partial charge in [0.1, 0.15) is 11.2 Å². The summed E-state index contributed by atoms with van der Waals surface area (Å²) in [5, 5.41) is 27.2. The Hall–Kier alpha value is -8.73. The van der Waals surface area contributed by atoms with Crippen molar-refractivity contribution in [3.8, 4) is 0 Å². The van der Waals surface area contributed by atoms with Gasteiger partial charge in [-0.15, -0.1) is 56.9 Å². The van der Waals surface area contributed by atoms with E-state index in [1.165, 1.54) is 82.9 Å². The average molecular weight is 1630 g/mol. The van der Waals surface area contributed by atoms with E-state index in [1.807, 2.05) is 6.20 Å². The molecule has 109 heavy (non-hydrogen) atoms. The number of benzene rings is 8. The molecule has 0 saturated carbocycles. The number of ether oxygens (including phenoxy) is 2. The Bertz CT molecular complexity index is 4360. The molecule has 24 heteroatoms. The van der Waals surface area contributed by atoms with E-state index in [9.17, 15) is 14.4 Å². The molecule has 16 nitrogen and oxygen atoms in total. The molecular formula is C85H97ClN9O7PS5V. The van der Waals surface area contributed by atoms with Crippen LogP contribution in [-0.4, -0.2) is 78.6 Å². The minimum Gasteiger partial charge on any atom is -0.465 e. The Labute approximate surface area is 682 Å². The molecule has 4 aromatic heterocycles. The Morgan fingerprint density at radius 1 is 0.532 bits per heavy atom. The second-order valence-corrected chi connectivity index (χ2v) is 31.4. The number of aliphatic hydroxyl groups is 2. The second kappa shape index (κ2) is 54.8. The number of thiazole rings is 4. The molecule has 0 aliphatic heterocycles. The number of carbonyl (C=O) groups is 3. The summed E-state index contributed by atoms with van der Waals surface area (Å²) >= 11 is 16.2. The Morgan fingerprint density at radius 3 is 1.17 bits per heavy atom. The van der Waals surface area contributed by atoms with Crippen LogP contribution in [0.15, 0.2) is 242 Å². The summed E-state index contributed by atoms with van der Waals surface area (Å²) in [5.74, 6) is -0.973. The Kier molecular flexibility index (Phi) is 47.5. The predicted molar refractivity (Wildman–Crippen MR) is 456 cm³/mol. The van der Waals surface area contributed by atoms with E-state index < -0.39 is 19.3 Å². The molecule has 8 aromatic carbocycles. The van der Waals surface area contributed by atoms with Crippen LogP contribution in [0.3, 0.4) is 0 Å².